The minimum Gasteiger partial charge on any atom is -0.406 e. The number of benzene rings is 1. The third kappa shape index (κ3) is 4.67. The van der Waals surface area contributed by atoms with Crippen molar-refractivity contribution in [3.8, 4) is 17.1 Å². The average Bonchev–Trinajstić information content (AvgIpc) is 2.84. The van der Waals surface area contributed by atoms with E-state index in [1.807, 2.05) is 0 Å². The Morgan fingerprint density at radius 2 is 2.00 bits per heavy atom. The minimum atomic E-state index is -4.73. The second-order valence-electron chi connectivity index (χ2n) is 3.79. The van der Waals surface area contributed by atoms with Crippen LogP contribution in [0.25, 0.3) is 11.4 Å². The van der Waals surface area contributed by atoms with E-state index >= 15 is 0 Å². The molecule has 1 aromatic heterocycles. The molecule has 6 nitrogen and oxygen atoms in total. The number of thioether (sulfide) groups is 1. The highest BCUT2D eigenvalue weighted by molar-refractivity contribution is 7.99. The fourth-order valence-corrected chi connectivity index (χ4v) is 1.93. The van der Waals surface area contributed by atoms with Crippen LogP contribution in [0.2, 0.25) is 0 Å². The van der Waals surface area contributed by atoms with Gasteiger partial charge in [-0.05, 0) is 24.3 Å². The number of amides is 1. The van der Waals surface area contributed by atoms with Crippen molar-refractivity contribution in [2.45, 2.75) is 11.5 Å². The number of aromatic nitrogens is 3. The highest BCUT2D eigenvalue weighted by Crippen LogP contribution is 2.25. The van der Waals surface area contributed by atoms with Gasteiger partial charge in [-0.3, -0.25) is 9.89 Å². The maximum atomic E-state index is 12.0. The van der Waals surface area contributed by atoms with Crippen LogP contribution in [-0.2, 0) is 4.79 Å². The molecule has 0 unspecified atom stereocenters. The smallest absolute Gasteiger partial charge is 0.406 e. The number of rotatable bonds is 5. The lowest BCUT2D eigenvalue weighted by atomic mass is 10.2. The first kappa shape index (κ1) is 15.2. The zero-order valence-corrected chi connectivity index (χ0v) is 11.2. The number of nitrogens with one attached hydrogen (secondary N) is 1. The van der Waals surface area contributed by atoms with E-state index in [4.69, 9.17) is 5.73 Å². The quantitative estimate of drug-likeness (QED) is 0.822. The van der Waals surface area contributed by atoms with Crippen LogP contribution in [0.1, 0.15) is 0 Å². The summed E-state index contributed by atoms with van der Waals surface area (Å²) in [7, 11) is 0. The van der Waals surface area contributed by atoms with Crippen LogP contribution in [0, 0.1) is 0 Å². The Morgan fingerprint density at radius 1 is 1.33 bits per heavy atom. The molecular formula is C11H9F3N4O2S. The van der Waals surface area contributed by atoms with Crippen molar-refractivity contribution in [3.63, 3.8) is 0 Å². The predicted molar refractivity (Wildman–Crippen MR) is 68.4 cm³/mol. The van der Waals surface area contributed by atoms with Gasteiger partial charge in [-0.1, -0.05) is 11.8 Å². The number of nitrogens with zero attached hydrogens (tertiary/aromatic N) is 2. The van der Waals surface area contributed by atoms with Crippen molar-refractivity contribution in [3.05, 3.63) is 24.3 Å². The third-order valence-electron chi connectivity index (χ3n) is 2.17. The molecule has 21 heavy (non-hydrogen) atoms. The fraction of sp³-hybridized carbons (Fsp3) is 0.182. The average molecular weight is 318 g/mol. The first-order valence-corrected chi connectivity index (χ1v) is 6.52. The van der Waals surface area contributed by atoms with Gasteiger partial charge < -0.3 is 10.5 Å². The molecule has 0 aliphatic carbocycles. The van der Waals surface area contributed by atoms with Crippen molar-refractivity contribution in [1.82, 2.24) is 15.2 Å². The Kier molecular flexibility index (Phi) is 4.36. The summed E-state index contributed by atoms with van der Waals surface area (Å²) in [6.45, 7) is 0. The SMILES string of the molecule is NC(=O)CSc1n[nH]c(-c2ccc(OC(F)(F)F)cc2)n1. The number of alkyl halides is 3. The molecule has 2 rings (SSSR count). The van der Waals surface area contributed by atoms with Gasteiger partial charge in [0.1, 0.15) is 5.75 Å². The number of carbonyl (C=O) groups is 1. The van der Waals surface area contributed by atoms with Crippen molar-refractivity contribution >= 4 is 17.7 Å². The molecule has 0 aliphatic heterocycles. The number of hydrogen-bond donors (Lipinski definition) is 2. The van der Waals surface area contributed by atoms with Crippen LogP contribution in [0.15, 0.2) is 29.4 Å². The lowest BCUT2D eigenvalue weighted by Crippen LogP contribution is -2.16. The number of aromatic amines is 1. The zero-order chi connectivity index (χ0) is 15.5. The molecule has 112 valence electrons. The van der Waals surface area contributed by atoms with E-state index in [0.29, 0.717) is 16.5 Å². The highest BCUT2D eigenvalue weighted by Gasteiger charge is 2.30. The van der Waals surface area contributed by atoms with Crippen molar-refractivity contribution < 1.29 is 22.7 Å². The van der Waals surface area contributed by atoms with Gasteiger partial charge in [-0.2, -0.15) is 0 Å². The van der Waals surface area contributed by atoms with E-state index in [1.54, 1.807) is 0 Å². The topological polar surface area (TPSA) is 93.9 Å². The molecule has 0 spiro atoms. The van der Waals surface area contributed by atoms with Crippen LogP contribution in [0.3, 0.4) is 0 Å². The summed E-state index contributed by atoms with van der Waals surface area (Å²) >= 11 is 1.05. The maximum Gasteiger partial charge on any atom is 0.573 e. The Balaban J connectivity index is 2.07. The predicted octanol–water partition coefficient (Wildman–Crippen LogP) is 1.95. The van der Waals surface area contributed by atoms with Gasteiger partial charge in [-0.25, -0.2) is 4.98 Å². The number of hydrogen-bond acceptors (Lipinski definition) is 5. The van der Waals surface area contributed by atoms with E-state index in [-0.39, 0.29) is 11.5 Å². The molecule has 0 atom stereocenters. The lowest BCUT2D eigenvalue weighted by Gasteiger charge is -2.08. The molecule has 0 fully saturated rings. The molecule has 1 heterocycles. The van der Waals surface area contributed by atoms with Crippen LogP contribution in [-0.4, -0.2) is 33.2 Å². The van der Waals surface area contributed by atoms with Gasteiger partial charge in [0, 0.05) is 5.56 Å². The Bertz CT molecular complexity index is 627. The number of ether oxygens (including phenoxy) is 1. The third-order valence-corrected chi connectivity index (χ3v) is 3.04. The first-order valence-electron chi connectivity index (χ1n) is 5.53. The van der Waals surface area contributed by atoms with Crippen LogP contribution in [0.5, 0.6) is 5.75 Å². The molecule has 1 amide bonds. The number of primary amides is 1. The van der Waals surface area contributed by atoms with Crippen molar-refractivity contribution in [1.29, 1.82) is 0 Å². The molecule has 0 saturated heterocycles. The van der Waals surface area contributed by atoms with Crippen molar-refractivity contribution in [2.75, 3.05) is 5.75 Å². The molecule has 1 aromatic carbocycles. The number of halogens is 3. The summed E-state index contributed by atoms with van der Waals surface area (Å²) in [5, 5.41) is 6.79. The van der Waals surface area contributed by atoms with E-state index in [9.17, 15) is 18.0 Å². The normalized spacial score (nSPS) is 11.4. The van der Waals surface area contributed by atoms with Crippen LogP contribution < -0.4 is 10.5 Å². The standard InChI is InChI=1S/C11H9F3N4O2S/c12-11(13,14)20-7-3-1-6(2-4-7)9-16-10(18-17-9)21-5-8(15)19/h1-4H,5H2,(H2,15,19)(H,16,17,18). The second-order valence-corrected chi connectivity index (χ2v) is 4.74. The summed E-state index contributed by atoms with van der Waals surface area (Å²) in [5.74, 6) is -0.426. The number of H-pyrrole nitrogens is 1. The number of nitrogens with two attached hydrogens (primary N) is 1. The molecule has 10 heteroatoms. The highest BCUT2D eigenvalue weighted by atomic mass is 32.2. The minimum absolute atomic E-state index is 0.0374. The van der Waals surface area contributed by atoms with Gasteiger partial charge in [0.25, 0.3) is 0 Å². The van der Waals surface area contributed by atoms with Gasteiger partial charge >= 0.3 is 6.36 Å². The second kappa shape index (κ2) is 6.04. The van der Waals surface area contributed by atoms with Gasteiger partial charge in [0.15, 0.2) is 5.82 Å². The molecule has 0 aliphatic rings. The lowest BCUT2D eigenvalue weighted by molar-refractivity contribution is -0.274. The van der Waals surface area contributed by atoms with Gasteiger partial charge in [0.2, 0.25) is 11.1 Å². The molecule has 0 bridgehead atoms. The van der Waals surface area contributed by atoms with E-state index in [1.165, 1.54) is 24.3 Å². The molecule has 0 radical (unpaired) electrons. The zero-order valence-electron chi connectivity index (χ0n) is 10.3. The largest absolute Gasteiger partial charge is 0.573 e. The van der Waals surface area contributed by atoms with E-state index < -0.39 is 12.3 Å². The Hall–Kier alpha value is -2.23. The van der Waals surface area contributed by atoms with Crippen LogP contribution >= 0.6 is 11.8 Å². The summed E-state index contributed by atoms with van der Waals surface area (Å²) in [4.78, 5) is 14.7. The van der Waals surface area contributed by atoms with E-state index in [0.717, 1.165) is 11.8 Å². The summed E-state index contributed by atoms with van der Waals surface area (Å²) in [5.41, 5.74) is 5.52. The fourth-order valence-electron chi connectivity index (χ4n) is 1.39. The molecular weight excluding hydrogens is 309 g/mol. The van der Waals surface area contributed by atoms with Crippen molar-refractivity contribution in [2.24, 2.45) is 5.73 Å². The van der Waals surface area contributed by atoms with Gasteiger partial charge in [0.05, 0.1) is 5.75 Å². The molecule has 0 saturated carbocycles. The summed E-state index contributed by atoms with van der Waals surface area (Å²) in [6, 6.07) is 5.15. The van der Waals surface area contributed by atoms with E-state index in [2.05, 4.69) is 19.9 Å². The number of carbonyl (C=O) groups excluding carboxylic acids is 1. The van der Waals surface area contributed by atoms with Crippen LogP contribution in [0.4, 0.5) is 13.2 Å². The molecule has 2 aromatic rings. The maximum absolute atomic E-state index is 12.0. The van der Waals surface area contributed by atoms with Gasteiger partial charge in [-0.15, -0.1) is 18.3 Å². The summed E-state index contributed by atoms with van der Waals surface area (Å²) < 4.78 is 39.8. The Morgan fingerprint density at radius 3 is 2.57 bits per heavy atom. The summed E-state index contributed by atoms with van der Waals surface area (Å²) in [6.07, 6.45) is -4.73. The first-order chi connectivity index (χ1) is 9.83. The molecule has 3 N–H and O–H groups in total. The monoisotopic (exact) mass is 318 g/mol. The Labute approximate surface area is 120 Å².